The van der Waals surface area contributed by atoms with Crippen LogP contribution in [0.25, 0.3) is 0 Å². The molecule has 2 aromatic rings. The van der Waals surface area contributed by atoms with Crippen LogP contribution in [-0.2, 0) is 0 Å². The quantitative estimate of drug-likeness (QED) is 0.800. The number of rotatable bonds is 3. The highest BCUT2D eigenvalue weighted by atomic mass is 16.2. The summed E-state index contributed by atoms with van der Waals surface area (Å²) >= 11 is 0. The van der Waals surface area contributed by atoms with Crippen molar-refractivity contribution in [1.82, 2.24) is 0 Å². The van der Waals surface area contributed by atoms with E-state index >= 15 is 0 Å². The third-order valence-corrected chi connectivity index (χ3v) is 2.69. The van der Waals surface area contributed by atoms with E-state index < -0.39 is 6.03 Å². The second kappa shape index (κ2) is 5.88. The van der Waals surface area contributed by atoms with Gasteiger partial charge in [0.2, 0.25) is 0 Å². The molecule has 0 bridgehead atoms. The van der Waals surface area contributed by atoms with Crippen molar-refractivity contribution >= 4 is 23.3 Å². The van der Waals surface area contributed by atoms with E-state index in [4.69, 9.17) is 5.73 Å². The average molecular weight is 269 g/mol. The summed E-state index contributed by atoms with van der Waals surface area (Å²) in [5, 5.41) is 5.24. The molecule has 0 aromatic heterocycles. The van der Waals surface area contributed by atoms with Gasteiger partial charge in [-0.05, 0) is 48.9 Å². The minimum absolute atomic E-state index is 0.207. The number of nitrogens with two attached hydrogens (primary N) is 1. The average Bonchev–Trinajstić information content (AvgIpc) is 2.38. The molecule has 0 aliphatic rings. The zero-order valence-electron chi connectivity index (χ0n) is 11.0. The van der Waals surface area contributed by atoms with E-state index in [0.29, 0.717) is 11.3 Å². The number of urea groups is 1. The number of hydrogen-bond donors (Lipinski definition) is 3. The van der Waals surface area contributed by atoms with Crippen molar-refractivity contribution in [2.75, 3.05) is 10.6 Å². The van der Waals surface area contributed by atoms with Crippen LogP contribution in [0.5, 0.6) is 0 Å². The first kappa shape index (κ1) is 13.6. The van der Waals surface area contributed by atoms with Gasteiger partial charge in [0.05, 0.1) is 0 Å². The molecule has 0 saturated heterocycles. The molecular formula is C15H15N3O2. The first-order valence-electron chi connectivity index (χ1n) is 6.09. The molecule has 0 saturated carbocycles. The zero-order valence-corrected chi connectivity index (χ0v) is 11.0. The van der Waals surface area contributed by atoms with Crippen molar-refractivity contribution < 1.29 is 9.59 Å². The van der Waals surface area contributed by atoms with Gasteiger partial charge in [-0.15, -0.1) is 0 Å². The van der Waals surface area contributed by atoms with Crippen LogP contribution in [0.4, 0.5) is 16.2 Å². The van der Waals surface area contributed by atoms with Crippen LogP contribution in [0, 0.1) is 6.92 Å². The molecule has 2 rings (SSSR count). The lowest BCUT2D eigenvalue weighted by Gasteiger charge is -2.07. The summed E-state index contributed by atoms with van der Waals surface area (Å²) in [6.07, 6.45) is 0. The number of carbonyl (C=O) groups is 2. The van der Waals surface area contributed by atoms with E-state index in [1.54, 1.807) is 24.3 Å². The van der Waals surface area contributed by atoms with Gasteiger partial charge < -0.3 is 16.4 Å². The summed E-state index contributed by atoms with van der Waals surface area (Å²) in [5.74, 6) is -0.207. The summed E-state index contributed by atoms with van der Waals surface area (Å²) in [7, 11) is 0. The normalized spacial score (nSPS) is 9.85. The Morgan fingerprint density at radius 1 is 0.950 bits per heavy atom. The Morgan fingerprint density at radius 2 is 1.65 bits per heavy atom. The third-order valence-electron chi connectivity index (χ3n) is 2.69. The number of anilines is 2. The molecule has 4 N–H and O–H groups in total. The monoisotopic (exact) mass is 269 g/mol. The SMILES string of the molecule is Cc1cccc(NC(=O)c2ccc(NC(N)=O)cc2)c1. The van der Waals surface area contributed by atoms with Gasteiger partial charge in [0.15, 0.2) is 0 Å². The molecule has 0 aliphatic heterocycles. The highest BCUT2D eigenvalue weighted by Crippen LogP contribution is 2.13. The van der Waals surface area contributed by atoms with Gasteiger partial charge in [-0.1, -0.05) is 12.1 Å². The lowest BCUT2D eigenvalue weighted by Crippen LogP contribution is -2.19. The maximum Gasteiger partial charge on any atom is 0.316 e. The number of benzene rings is 2. The minimum atomic E-state index is -0.637. The van der Waals surface area contributed by atoms with Crippen molar-refractivity contribution in [1.29, 1.82) is 0 Å². The maximum absolute atomic E-state index is 12.0. The first-order valence-corrected chi connectivity index (χ1v) is 6.09. The summed E-state index contributed by atoms with van der Waals surface area (Å²) in [6, 6.07) is 13.4. The Balaban J connectivity index is 2.07. The number of amides is 3. The second-order valence-corrected chi connectivity index (χ2v) is 4.39. The fourth-order valence-corrected chi connectivity index (χ4v) is 1.77. The number of primary amides is 1. The van der Waals surface area contributed by atoms with E-state index in [2.05, 4.69) is 10.6 Å². The largest absolute Gasteiger partial charge is 0.351 e. The molecule has 0 heterocycles. The van der Waals surface area contributed by atoms with E-state index in [0.717, 1.165) is 11.3 Å². The van der Waals surface area contributed by atoms with Crippen LogP contribution in [0.15, 0.2) is 48.5 Å². The molecule has 5 heteroatoms. The van der Waals surface area contributed by atoms with Crippen LogP contribution in [0.3, 0.4) is 0 Å². The Hall–Kier alpha value is -2.82. The predicted octanol–water partition coefficient (Wildman–Crippen LogP) is 2.74. The number of aryl methyl sites for hydroxylation is 1. The zero-order chi connectivity index (χ0) is 14.5. The molecular weight excluding hydrogens is 254 g/mol. The van der Waals surface area contributed by atoms with E-state index in [1.807, 2.05) is 31.2 Å². The molecule has 0 fully saturated rings. The van der Waals surface area contributed by atoms with Crippen LogP contribution in [0.1, 0.15) is 15.9 Å². The van der Waals surface area contributed by atoms with E-state index in [1.165, 1.54) is 0 Å². The molecule has 0 radical (unpaired) electrons. The van der Waals surface area contributed by atoms with Crippen molar-refractivity contribution in [3.05, 3.63) is 59.7 Å². The van der Waals surface area contributed by atoms with Crippen molar-refractivity contribution in [2.45, 2.75) is 6.92 Å². The molecule has 0 aliphatic carbocycles. The predicted molar refractivity (Wildman–Crippen MR) is 78.8 cm³/mol. The number of carbonyl (C=O) groups excluding carboxylic acids is 2. The first-order chi connectivity index (χ1) is 9.54. The van der Waals surface area contributed by atoms with Gasteiger partial charge in [-0.3, -0.25) is 4.79 Å². The van der Waals surface area contributed by atoms with E-state index in [9.17, 15) is 9.59 Å². The lowest BCUT2D eigenvalue weighted by atomic mass is 10.1. The van der Waals surface area contributed by atoms with Crippen LogP contribution in [-0.4, -0.2) is 11.9 Å². The van der Waals surface area contributed by atoms with Gasteiger partial charge in [0.25, 0.3) is 5.91 Å². The highest BCUT2D eigenvalue weighted by Gasteiger charge is 2.06. The van der Waals surface area contributed by atoms with Crippen LogP contribution in [0.2, 0.25) is 0 Å². The van der Waals surface area contributed by atoms with Crippen LogP contribution < -0.4 is 16.4 Å². The molecule has 0 unspecified atom stereocenters. The van der Waals surface area contributed by atoms with Gasteiger partial charge in [-0.25, -0.2) is 4.79 Å². The van der Waals surface area contributed by atoms with Crippen molar-refractivity contribution in [2.24, 2.45) is 5.73 Å². The topological polar surface area (TPSA) is 84.2 Å². The Kier molecular flexibility index (Phi) is 4.00. The molecule has 0 spiro atoms. The second-order valence-electron chi connectivity index (χ2n) is 4.39. The van der Waals surface area contributed by atoms with E-state index in [-0.39, 0.29) is 5.91 Å². The van der Waals surface area contributed by atoms with Gasteiger partial charge in [0.1, 0.15) is 0 Å². The summed E-state index contributed by atoms with van der Waals surface area (Å²) in [4.78, 5) is 22.7. The number of nitrogens with one attached hydrogen (secondary N) is 2. The highest BCUT2D eigenvalue weighted by molar-refractivity contribution is 6.04. The molecule has 20 heavy (non-hydrogen) atoms. The standard InChI is InChI=1S/C15H15N3O2/c1-10-3-2-4-13(9-10)17-14(19)11-5-7-12(8-6-11)18-15(16)20/h2-9H,1H3,(H,17,19)(H3,16,18,20). The van der Waals surface area contributed by atoms with Gasteiger partial charge in [0, 0.05) is 16.9 Å². The molecule has 102 valence electrons. The third kappa shape index (κ3) is 3.58. The Morgan fingerprint density at radius 3 is 2.25 bits per heavy atom. The fraction of sp³-hybridized carbons (Fsp3) is 0.0667. The Labute approximate surface area is 116 Å². The molecule has 2 aromatic carbocycles. The smallest absolute Gasteiger partial charge is 0.316 e. The van der Waals surface area contributed by atoms with Gasteiger partial charge >= 0.3 is 6.03 Å². The van der Waals surface area contributed by atoms with Gasteiger partial charge in [-0.2, -0.15) is 0 Å². The number of hydrogen-bond acceptors (Lipinski definition) is 2. The lowest BCUT2D eigenvalue weighted by molar-refractivity contribution is 0.102. The fourth-order valence-electron chi connectivity index (χ4n) is 1.77. The maximum atomic E-state index is 12.0. The van der Waals surface area contributed by atoms with Crippen molar-refractivity contribution in [3.63, 3.8) is 0 Å². The van der Waals surface area contributed by atoms with Crippen LogP contribution >= 0.6 is 0 Å². The summed E-state index contributed by atoms with van der Waals surface area (Å²) < 4.78 is 0. The Bertz CT molecular complexity index is 636. The minimum Gasteiger partial charge on any atom is -0.351 e. The molecule has 3 amide bonds. The molecule has 5 nitrogen and oxygen atoms in total. The summed E-state index contributed by atoms with van der Waals surface area (Å²) in [5.41, 5.74) is 7.87. The molecule has 0 atom stereocenters. The van der Waals surface area contributed by atoms with Crippen molar-refractivity contribution in [3.8, 4) is 0 Å². The summed E-state index contributed by atoms with van der Waals surface area (Å²) in [6.45, 7) is 1.96.